The zero-order valence-electron chi connectivity index (χ0n) is 9.73. The quantitative estimate of drug-likeness (QED) is 0.922. The summed E-state index contributed by atoms with van der Waals surface area (Å²) in [4.78, 5) is 4.00. The summed E-state index contributed by atoms with van der Waals surface area (Å²) in [5, 5.41) is 0.0100. The summed E-state index contributed by atoms with van der Waals surface area (Å²) < 4.78 is 19.0. The smallest absolute Gasteiger partial charge is 0.219 e. The van der Waals surface area contributed by atoms with Gasteiger partial charge in [-0.05, 0) is 30.7 Å². The molecule has 0 amide bonds. The standard InChI is InChI=1S/C13H12ClFN2O/c1-8(16)9-5-6-17-12(7-9)18-11-4-2-3-10(14)13(11)15/h2-8H,16H2,1H3/t8-/m1/s1. The Morgan fingerprint density at radius 2 is 2.17 bits per heavy atom. The second-order valence-corrected chi connectivity index (χ2v) is 4.28. The van der Waals surface area contributed by atoms with Crippen molar-refractivity contribution in [2.45, 2.75) is 13.0 Å². The van der Waals surface area contributed by atoms with Crippen molar-refractivity contribution >= 4 is 11.6 Å². The monoisotopic (exact) mass is 266 g/mol. The summed E-state index contributed by atoms with van der Waals surface area (Å²) in [5.74, 6) is -0.282. The van der Waals surface area contributed by atoms with Crippen molar-refractivity contribution in [2.75, 3.05) is 0 Å². The molecule has 1 aromatic carbocycles. The van der Waals surface area contributed by atoms with E-state index in [2.05, 4.69) is 4.98 Å². The maximum Gasteiger partial charge on any atom is 0.219 e. The fraction of sp³-hybridized carbons (Fsp3) is 0.154. The molecule has 0 fully saturated rings. The van der Waals surface area contributed by atoms with Crippen LogP contribution >= 0.6 is 11.6 Å². The second-order valence-electron chi connectivity index (χ2n) is 3.87. The summed E-state index contributed by atoms with van der Waals surface area (Å²) in [7, 11) is 0. The Hall–Kier alpha value is -1.65. The van der Waals surface area contributed by atoms with Crippen molar-refractivity contribution in [1.82, 2.24) is 4.98 Å². The molecule has 2 N–H and O–H groups in total. The Labute approximate surface area is 109 Å². The molecule has 0 bridgehead atoms. The topological polar surface area (TPSA) is 48.1 Å². The largest absolute Gasteiger partial charge is 0.436 e. The number of halogens is 2. The Bertz CT molecular complexity index is 560. The first kappa shape index (κ1) is 12.8. The van der Waals surface area contributed by atoms with Gasteiger partial charge < -0.3 is 10.5 Å². The number of pyridine rings is 1. The first-order valence-corrected chi connectivity index (χ1v) is 5.79. The molecule has 0 aliphatic heterocycles. The lowest BCUT2D eigenvalue weighted by Crippen LogP contribution is -2.05. The van der Waals surface area contributed by atoms with Crippen LogP contribution in [0, 0.1) is 5.82 Å². The number of hydrogen-bond donors (Lipinski definition) is 1. The van der Waals surface area contributed by atoms with Crippen LogP contribution in [-0.2, 0) is 0 Å². The molecular formula is C13H12ClFN2O. The lowest BCUT2D eigenvalue weighted by Gasteiger charge is -2.09. The van der Waals surface area contributed by atoms with Crippen molar-refractivity contribution in [3.8, 4) is 11.6 Å². The summed E-state index contributed by atoms with van der Waals surface area (Å²) >= 11 is 5.67. The number of rotatable bonds is 3. The number of aromatic nitrogens is 1. The van der Waals surface area contributed by atoms with E-state index in [1.165, 1.54) is 12.1 Å². The zero-order chi connectivity index (χ0) is 13.1. The van der Waals surface area contributed by atoms with E-state index in [0.29, 0.717) is 0 Å². The summed E-state index contributed by atoms with van der Waals surface area (Å²) in [5.41, 5.74) is 6.61. The maximum absolute atomic E-state index is 13.6. The molecule has 0 aliphatic rings. The van der Waals surface area contributed by atoms with Gasteiger partial charge in [-0.1, -0.05) is 17.7 Å². The van der Waals surface area contributed by atoms with Crippen LogP contribution in [0.3, 0.4) is 0 Å². The molecule has 18 heavy (non-hydrogen) atoms. The van der Waals surface area contributed by atoms with E-state index in [4.69, 9.17) is 22.1 Å². The Balaban J connectivity index is 2.28. The predicted octanol–water partition coefficient (Wildman–Crippen LogP) is 3.69. The number of benzene rings is 1. The zero-order valence-corrected chi connectivity index (χ0v) is 10.5. The highest BCUT2D eigenvalue weighted by atomic mass is 35.5. The normalized spacial score (nSPS) is 12.2. The third kappa shape index (κ3) is 2.78. The van der Waals surface area contributed by atoms with Gasteiger partial charge in [0.15, 0.2) is 11.6 Å². The third-order valence-electron chi connectivity index (χ3n) is 2.42. The van der Waals surface area contributed by atoms with Gasteiger partial charge in [0.2, 0.25) is 5.88 Å². The minimum absolute atomic E-state index is 0.0100. The summed E-state index contributed by atoms with van der Waals surface area (Å²) in [6.45, 7) is 1.85. The molecule has 3 nitrogen and oxygen atoms in total. The average molecular weight is 267 g/mol. The maximum atomic E-state index is 13.6. The molecule has 5 heteroatoms. The number of nitrogens with zero attached hydrogens (tertiary/aromatic N) is 1. The predicted molar refractivity (Wildman–Crippen MR) is 68.3 cm³/mol. The van der Waals surface area contributed by atoms with Gasteiger partial charge in [0, 0.05) is 18.3 Å². The van der Waals surface area contributed by atoms with E-state index >= 15 is 0 Å². The van der Waals surface area contributed by atoms with E-state index in [0.717, 1.165) is 5.56 Å². The fourth-order valence-electron chi connectivity index (χ4n) is 1.44. The highest BCUT2D eigenvalue weighted by molar-refractivity contribution is 6.30. The van der Waals surface area contributed by atoms with Gasteiger partial charge in [0.1, 0.15) is 0 Å². The van der Waals surface area contributed by atoms with E-state index < -0.39 is 5.82 Å². The molecule has 0 unspecified atom stereocenters. The molecule has 1 atom stereocenters. The number of hydrogen-bond acceptors (Lipinski definition) is 3. The minimum atomic E-state index is -0.604. The van der Waals surface area contributed by atoms with Crippen LogP contribution in [0.15, 0.2) is 36.5 Å². The highest BCUT2D eigenvalue weighted by Crippen LogP contribution is 2.28. The van der Waals surface area contributed by atoms with Crippen LogP contribution in [0.1, 0.15) is 18.5 Å². The molecule has 0 radical (unpaired) electrons. The molecule has 0 spiro atoms. The first-order valence-electron chi connectivity index (χ1n) is 5.41. The minimum Gasteiger partial charge on any atom is -0.436 e. The molecule has 0 saturated heterocycles. The average Bonchev–Trinajstić information content (AvgIpc) is 2.35. The van der Waals surface area contributed by atoms with Gasteiger partial charge in [-0.15, -0.1) is 0 Å². The fourth-order valence-corrected chi connectivity index (χ4v) is 1.61. The van der Waals surface area contributed by atoms with Crippen molar-refractivity contribution in [2.24, 2.45) is 5.73 Å². The van der Waals surface area contributed by atoms with Crippen LogP contribution < -0.4 is 10.5 Å². The van der Waals surface area contributed by atoms with Crippen LogP contribution in [0.4, 0.5) is 4.39 Å². The van der Waals surface area contributed by atoms with Gasteiger partial charge in [0.25, 0.3) is 0 Å². The van der Waals surface area contributed by atoms with Crippen LogP contribution in [0.25, 0.3) is 0 Å². The van der Waals surface area contributed by atoms with Crippen LogP contribution in [0.2, 0.25) is 5.02 Å². The molecular weight excluding hydrogens is 255 g/mol. The Morgan fingerprint density at radius 3 is 2.89 bits per heavy atom. The Kier molecular flexibility index (Phi) is 3.79. The van der Waals surface area contributed by atoms with Gasteiger partial charge >= 0.3 is 0 Å². The van der Waals surface area contributed by atoms with Crippen molar-refractivity contribution < 1.29 is 9.13 Å². The summed E-state index contributed by atoms with van der Waals surface area (Å²) in [6.07, 6.45) is 1.57. The van der Waals surface area contributed by atoms with Gasteiger partial charge in [-0.2, -0.15) is 0 Å². The van der Waals surface area contributed by atoms with Crippen molar-refractivity contribution in [3.63, 3.8) is 0 Å². The van der Waals surface area contributed by atoms with E-state index in [1.54, 1.807) is 24.4 Å². The molecule has 0 aliphatic carbocycles. The first-order chi connectivity index (χ1) is 8.58. The summed E-state index contributed by atoms with van der Waals surface area (Å²) in [6, 6.07) is 7.86. The van der Waals surface area contributed by atoms with Gasteiger partial charge in [-0.25, -0.2) is 9.37 Å². The molecule has 1 aromatic heterocycles. The SMILES string of the molecule is C[C@@H](N)c1ccnc(Oc2cccc(Cl)c2F)c1. The molecule has 1 heterocycles. The van der Waals surface area contributed by atoms with Gasteiger partial charge in [-0.3, -0.25) is 0 Å². The lowest BCUT2D eigenvalue weighted by atomic mass is 10.1. The Morgan fingerprint density at radius 1 is 1.39 bits per heavy atom. The molecule has 2 rings (SSSR count). The van der Waals surface area contributed by atoms with E-state index in [1.807, 2.05) is 6.92 Å². The van der Waals surface area contributed by atoms with E-state index in [9.17, 15) is 4.39 Å². The second kappa shape index (κ2) is 5.33. The van der Waals surface area contributed by atoms with Gasteiger partial charge in [0.05, 0.1) is 5.02 Å². The van der Waals surface area contributed by atoms with Crippen LogP contribution in [0.5, 0.6) is 11.6 Å². The van der Waals surface area contributed by atoms with Crippen LogP contribution in [-0.4, -0.2) is 4.98 Å². The van der Waals surface area contributed by atoms with Crippen molar-refractivity contribution in [1.29, 1.82) is 0 Å². The highest BCUT2D eigenvalue weighted by Gasteiger charge is 2.10. The molecule has 2 aromatic rings. The van der Waals surface area contributed by atoms with Crippen molar-refractivity contribution in [3.05, 3.63) is 52.9 Å². The molecule has 0 saturated carbocycles. The van der Waals surface area contributed by atoms with E-state index in [-0.39, 0.29) is 22.7 Å². The molecule has 94 valence electrons. The number of ether oxygens (including phenoxy) is 1. The third-order valence-corrected chi connectivity index (χ3v) is 2.71. The lowest BCUT2D eigenvalue weighted by molar-refractivity contribution is 0.426. The number of nitrogens with two attached hydrogens (primary N) is 1.